The number of fused-ring (bicyclic) bond motifs is 1. The summed E-state index contributed by atoms with van der Waals surface area (Å²) in [4.78, 5) is 15.0. The van der Waals surface area contributed by atoms with Gasteiger partial charge in [0, 0.05) is 17.6 Å². The minimum atomic E-state index is 0.0509. The summed E-state index contributed by atoms with van der Waals surface area (Å²) in [7, 11) is 0. The quantitative estimate of drug-likeness (QED) is 0.406. The lowest BCUT2D eigenvalue weighted by molar-refractivity contribution is -0.116. The maximum Gasteiger partial charge on any atom is 0.237 e. The van der Waals surface area contributed by atoms with E-state index in [1.807, 2.05) is 59.7 Å². The van der Waals surface area contributed by atoms with Crippen LogP contribution in [0.5, 0.6) is 0 Å². The van der Waals surface area contributed by atoms with E-state index in [1.54, 1.807) is 0 Å². The fourth-order valence-corrected chi connectivity index (χ4v) is 4.43. The van der Waals surface area contributed by atoms with Gasteiger partial charge >= 0.3 is 0 Å². The Kier molecular flexibility index (Phi) is 5.86. The third kappa shape index (κ3) is 3.96. The largest absolute Gasteiger partial charge is 0.311 e. The third-order valence-electron chi connectivity index (χ3n) is 5.09. The Hall–Kier alpha value is -3.12. The summed E-state index contributed by atoms with van der Waals surface area (Å²) in [6.45, 7) is 6.59. The molecule has 0 bridgehead atoms. The first-order chi connectivity index (χ1) is 14.6. The van der Waals surface area contributed by atoms with Gasteiger partial charge in [0.25, 0.3) is 0 Å². The van der Waals surface area contributed by atoms with Crippen molar-refractivity contribution >= 4 is 34.1 Å². The molecule has 6 heteroatoms. The summed E-state index contributed by atoms with van der Waals surface area (Å²) in [5, 5.41) is 11.5. The summed E-state index contributed by atoms with van der Waals surface area (Å²) in [5.41, 5.74) is 3.14. The zero-order chi connectivity index (χ0) is 21.1. The first-order valence-corrected chi connectivity index (χ1v) is 11.0. The second kappa shape index (κ2) is 8.71. The van der Waals surface area contributed by atoms with Crippen LogP contribution < -0.4 is 4.90 Å². The first-order valence-electron chi connectivity index (χ1n) is 9.98. The van der Waals surface area contributed by atoms with Crippen molar-refractivity contribution < 1.29 is 4.79 Å². The average Bonchev–Trinajstić information content (AvgIpc) is 3.14. The van der Waals surface area contributed by atoms with E-state index in [4.69, 9.17) is 0 Å². The number of carbonyl (C=O) groups is 1. The fourth-order valence-electron chi connectivity index (χ4n) is 3.56. The number of aromatic nitrogens is 3. The summed E-state index contributed by atoms with van der Waals surface area (Å²) < 4.78 is 1.99. The molecule has 3 aromatic carbocycles. The van der Waals surface area contributed by atoms with Gasteiger partial charge in [-0.05, 0) is 44.4 Å². The maximum atomic E-state index is 13.1. The number of amides is 1. The molecule has 1 heterocycles. The summed E-state index contributed by atoms with van der Waals surface area (Å²) in [6.07, 6.45) is 0. The molecule has 0 aliphatic rings. The van der Waals surface area contributed by atoms with Gasteiger partial charge in [0.15, 0.2) is 5.16 Å². The van der Waals surface area contributed by atoms with E-state index >= 15 is 0 Å². The molecule has 5 nitrogen and oxygen atoms in total. The molecule has 0 saturated carbocycles. The lowest BCUT2D eigenvalue weighted by atomic mass is 10.1. The molecule has 0 atom stereocenters. The van der Waals surface area contributed by atoms with Crippen LogP contribution in [0.3, 0.4) is 0 Å². The van der Waals surface area contributed by atoms with E-state index in [1.165, 1.54) is 17.3 Å². The zero-order valence-corrected chi connectivity index (χ0v) is 18.2. The number of carbonyl (C=O) groups excluding carboxylic acids is 1. The van der Waals surface area contributed by atoms with Crippen molar-refractivity contribution in [1.82, 2.24) is 14.8 Å². The smallest absolute Gasteiger partial charge is 0.237 e. The molecular formula is C24H24N4OS. The highest BCUT2D eigenvalue weighted by Gasteiger charge is 2.19. The zero-order valence-electron chi connectivity index (χ0n) is 17.4. The number of rotatable bonds is 6. The van der Waals surface area contributed by atoms with Gasteiger partial charge in [-0.15, -0.1) is 10.2 Å². The number of thioether (sulfide) groups is 1. The molecule has 0 N–H and O–H groups in total. The van der Waals surface area contributed by atoms with Crippen LogP contribution in [0, 0.1) is 13.8 Å². The van der Waals surface area contributed by atoms with E-state index in [-0.39, 0.29) is 5.91 Å². The summed E-state index contributed by atoms with van der Waals surface area (Å²) in [5.74, 6) is 1.14. The Bertz CT molecular complexity index is 1180. The number of hydrogen-bond acceptors (Lipinski definition) is 4. The summed E-state index contributed by atoms with van der Waals surface area (Å²) in [6, 6.07) is 22.4. The highest BCUT2D eigenvalue weighted by atomic mass is 32.2. The lowest BCUT2D eigenvalue weighted by Gasteiger charge is -2.22. The van der Waals surface area contributed by atoms with Crippen molar-refractivity contribution in [1.29, 1.82) is 0 Å². The Labute approximate surface area is 180 Å². The molecule has 4 rings (SSSR count). The van der Waals surface area contributed by atoms with Gasteiger partial charge in [-0.3, -0.25) is 9.36 Å². The lowest BCUT2D eigenvalue weighted by Crippen LogP contribution is -2.32. The SMILES string of the molecule is CCN(C(=O)CSc1nnc(C)n1-c1ccc(C)cc1)c1cccc2ccccc12. The fraction of sp³-hybridized carbons (Fsp3) is 0.208. The van der Waals surface area contributed by atoms with Crippen LogP contribution in [-0.2, 0) is 4.79 Å². The van der Waals surface area contributed by atoms with Gasteiger partial charge in [-0.1, -0.05) is 65.9 Å². The van der Waals surface area contributed by atoms with Crippen LogP contribution in [0.15, 0.2) is 71.9 Å². The van der Waals surface area contributed by atoms with Gasteiger partial charge in [-0.2, -0.15) is 0 Å². The number of aryl methyl sites for hydroxylation is 2. The molecule has 0 aliphatic carbocycles. The van der Waals surface area contributed by atoms with Crippen LogP contribution in [0.1, 0.15) is 18.3 Å². The molecule has 1 amide bonds. The normalized spacial score (nSPS) is 11.0. The maximum absolute atomic E-state index is 13.1. The van der Waals surface area contributed by atoms with Crippen molar-refractivity contribution in [2.24, 2.45) is 0 Å². The Morgan fingerprint density at radius 3 is 2.47 bits per heavy atom. The van der Waals surface area contributed by atoms with Gasteiger partial charge < -0.3 is 4.90 Å². The highest BCUT2D eigenvalue weighted by Crippen LogP contribution is 2.28. The minimum Gasteiger partial charge on any atom is -0.311 e. The van der Waals surface area contributed by atoms with Crippen LogP contribution >= 0.6 is 11.8 Å². The molecule has 0 fully saturated rings. The van der Waals surface area contributed by atoms with E-state index < -0.39 is 0 Å². The second-order valence-electron chi connectivity index (χ2n) is 7.13. The van der Waals surface area contributed by atoms with Crippen molar-refractivity contribution in [2.45, 2.75) is 25.9 Å². The molecule has 0 radical (unpaired) electrons. The van der Waals surface area contributed by atoms with Crippen LogP contribution in [0.2, 0.25) is 0 Å². The minimum absolute atomic E-state index is 0.0509. The predicted octanol–water partition coefficient (Wildman–Crippen LogP) is 5.18. The highest BCUT2D eigenvalue weighted by molar-refractivity contribution is 7.99. The molecule has 4 aromatic rings. The van der Waals surface area contributed by atoms with Crippen molar-refractivity contribution in [3.8, 4) is 5.69 Å². The second-order valence-corrected chi connectivity index (χ2v) is 8.07. The van der Waals surface area contributed by atoms with Crippen LogP contribution in [-0.4, -0.2) is 33.0 Å². The molecule has 152 valence electrons. The number of anilines is 1. The molecule has 0 aliphatic heterocycles. The average molecular weight is 417 g/mol. The number of benzene rings is 3. The van der Waals surface area contributed by atoms with E-state index in [0.717, 1.165) is 33.1 Å². The van der Waals surface area contributed by atoms with Crippen molar-refractivity contribution in [3.63, 3.8) is 0 Å². The summed E-state index contributed by atoms with van der Waals surface area (Å²) >= 11 is 1.42. The van der Waals surface area contributed by atoms with Crippen LogP contribution in [0.4, 0.5) is 5.69 Å². The van der Waals surface area contributed by atoms with Gasteiger partial charge in [-0.25, -0.2) is 0 Å². The van der Waals surface area contributed by atoms with Gasteiger partial charge in [0.1, 0.15) is 5.82 Å². The van der Waals surface area contributed by atoms with E-state index in [0.29, 0.717) is 12.3 Å². The van der Waals surface area contributed by atoms with Gasteiger partial charge in [0.05, 0.1) is 11.4 Å². The first kappa shape index (κ1) is 20.2. The molecule has 1 aromatic heterocycles. The monoisotopic (exact) mass is 416 g/mol. The van der Waals surface area contributed by atoms with Crippen molar-refractivity contribution in [3.05, 3.63) is 78.1 Å². The predicted molar refractivity (Wildman–Crippen MR) is 124 cm³/mol. The Morgan fingerprint density at radius 1 is 0.967 bits per heavy atom. The Morgan fingerprint density at radius 2 is 1.70 bits per heavy atom. The standard InChI is InChI=1S/C24H24N4OS/c1-4-27(22-11-7-9-19-8-5-6-10-21(19)22)23(29)16-30-24-26-25-18(3)28(24)20-14-12-17(2)13-15-20/h5-15H,4,16H2,1-3H3. The molecule has 30 heavy (non-hydrogen) atoms. The molecular weight excluding hydrogens is 392 g/mol. The number of nitrogens with zero attached hydrogens (tertiary/aromatic N) is 4. The van der Waals surface area contributed by atoms with E-state index in [2.05, 4.69) is 47.5 Å². The topological polar surface area (TPSA) is 51.0 Å². The van der Waals surface area contributed by atoms with Gasteiger partial charge in [0.2, 0.25) is 5.91 Å². The molecule has 0 unspecified atom stereocenters. The van der Waals surface area contributed by atoms with Crippen LogP contribution in [0.25, 0.3) is 16.5 Å². The Balaban J connectivity index is 1.57. The molecule has 0 saturated heterocycles. The van der Waals surface area contributed by atoms with Crippen molar-refractivity contribution in [2.75, 3.05) is 17.2 Å². The number of hydrogen-bond donors (Lipinski definition) is 0. The van der Waals surface area contributed by atoms with E-state index in [9.17, 15) is 4.79 Å². The molecule has 0 spiro atoms. The third-order valence-corrected chi connectivity index (χ3v) is 6.00.